The summed E-state index contributed by atoms with van der Waals surface area (Å²) in [5.41, 5.74) is 0.681. The van der Waals surface area contributed by atoms with Gasteiger partial charge in [0.1, 0.15) is 11.9 Å². The van der Waals surface area contributed by atoms with Gasteiger partial charge in [0, 0.05) is 17.0 Å². The van der Waals surface area contributed by atoms with Gasteiger partial charge in [-0.15, -0.1) is 0 Å². The number of carbonyl (C=O) groups excluding carboxylic acids is 1. The van der Waals surface area contributed by atoms with E-state index in [1.807, 2.05) is 0 Å². The van der Waals surface area contributed by atoms with Crippen molar-refractivity contribution >= 4 is 28.5 Å². The average molecular weight is 365 g/mol. The first kappa shape index (κ1) is 16.8. The molecule has 25 heavy (non-hydrogen) atoms. The van der Waals surface area contributed by atoms with Crippen molar-refractivity contribution in [2.45, 2.75) is 48.8 Å². The van der Waals surface area contributed by atoms with E-state index in [1.165, 1.54) is 23.9 Å². The number of aliphatic hydroxyl groups excluding tert-OH is 2. The van der Waals surface area contributed by atoms with E-state index in [0.717, 1.165) is 12.8 Å². The third-order valence-corrected chi connectivity index (χ3v) is 6.15. The van der Waals surface area contributed by atoms with E-state index in [2.05, 4.69) is 15.6 Å². The van der Waals surface area contributed by atoms with E-state index in [4.69, 9.17) is 0 Å². The topological polar surface area (TPSA) is 94.0 Å². The van der Waals surface area contributed by atoms with Gasteiger partial charge in [0.05, 0.1) is 18.1 Å². The molecule has 0 radical (unpaired) electrons. The minimum absolute atomic E-state index is 0.0748. The highest BCUT2D eigenvalue weighted by molar-refractivity contribution is 8.15. The van der Waals surface area contributed by atoms with Crippen LogP contribution >= 0.6 is 11.8 Å². The molecule has 4 rings (SSSR count). The number of nitrogens with one attached hydrogen (secondary N) is 2. The van der Waals surface area contributed by atoms with Gasteiger partial charge in [-0.1, -0.05) is 11.8 Å². The molecule has 2 aliphatic carbocycles. The Balaban J connectivity index is 1.49. The fourth-order valence-electron chi connectivity index (χ4n) is 3.30. The van der Waals surface area contributed by atoms with Gasteiger partial charge in [-0.05, 0) is 43.5 Å². The number of halogens is 1. The number of hydrogen-bond acceptors (Lipinski definition) is 6. The molecule has 0 aromatic heterocycles. The number of rotatable bonds is 3. The van der Waals surface area contributed by atoms with E-state index < -0.39 is 24.2 Å². The summed E-state index contributed by atoms with van der Waals surface area (Å²) in [6.45, 7) is 0. The number of anilines is 1. The molecule has 8 heteroatoms. The number of benzene rings is 1. The zero-order chi connectivity index (χ0) is 17.6. The molecule has 1 aromatic carbocycles. The average Bonchev–Trinajstić information content (AvgIpc) is 3.30. The predicted molar refractivity (Wildman–Crippen MR) is 93.9 cm³/mol. The second-order valence-corrected chi connectivity index (χ2v) is 7.99. The second kappa shape index (κ2) is 6.59. The summed E-state index contributed by atoms with van der Waals surface area (Å²) in [6.07, 6.45) is 0.269. The van der Waals surface area contributed by atoms with Crippen LogP contribution in [0.4, 0.5) is 10.1 Å². The zero-order valence-corrected chi connectivity index (χ0v) is 14.2. The monoisotopic (exact) mass is 365 g/mol. The molecule has 3 aliphatic rings. The van der Waals surface area contributed by atoms with Crippen LogP contribution in [-0.4, -0.2) is 50.8 Å². The fraction of sp³-hybridized carbons (Fsp3) is 0.529. The summed E-state index contributed by atoms with van der Waals surface area (Å²) in [4.78, 5) is 17.0. The first-order valence-corrected chi connectivity index (χ1v) is 9.33. The molecule has 5 atom stereocenters. The molecule has 2 fully saturated rings. The maximum Gasteiger partial charge on any atom is 0.224 e. The van der Waals surface area contributed by atoms with Gasteiger partial charge in [0.25, 0.3) is 0 Å². The second-order valence-electron chi connectivity index (χ2n) is 6.82. The van der Waals surface area contributed by atoms with Gasteiger partial charge in [0.2, 0.25) is 5.91 Å². The summed E-state index contributed by atoms with van der Waals surface area (Å²) < 4.78 is 13.0. The van der Waals surface area contributed by atoms with Crippen molar-refractivity contribution in [1.82, 2.24) is 5.32 Å². The van der Waals surface area contributed by atoms with E-state index in [9.17, 15) is 19.4 Å². The highest BCUT2D eigenvalue weighted by atomic mass is 32.2. The van der Waals surface area contributed by atoms with Crippen molar-refractivity contribution in [1.29, 1.82) is 0 Å². The highest BCUT2D eigenvalue weighted by Gasteiger charge is 2.50. The van der Waals surface area contributed by atoms with Crippen molar-refractivity contribution in [3.8, 4) is 0 Å². The minimum atomic E-state index is -0.991. The SMILES string of the molecule is O=C(NC1CC1)[C@H]1C[C@@H](O)[C@H](O)[C@@H]2N=C(Nc3ccc(F)cc3)S[C@@H]21. The summed E-state index contributed by atoms with van der Waals surface area (Å²) in [5.74, 6) is -0.796. The van der Waals surface area contributed by atoms with Crippen LogP contribution in [0.2, 0.25) is 0 Å². The van der Waals surface area contributed by atoms with Crippen LogP contribution in [0.5, 0.6) is 0 Å². The Morgan fingerprint density at radius 3 is 2.64 bits per heavy atom. The van der Waals surface area contributed by atoms with Crippen molar-refractivity contribution in [3.63, 3.8) is 0 Å². The Hall–Kier alpha value is -1.64. The third-order valence-electron chi connectivity index (χ3n) is 4.84. The molecule has 134 valence electrons. The van der Waals surface area contributed by atoms with Gasteiger partial charge in [-0.2, -0.15) is 0 Å². The fourth-order valence-corrected chi connectivity index (χ4v) is 4.68. The normalized spacial score (nSPS) is 34.2. The molecular formula is C17H20FN3O3S. The maximum atomic E-state index is 13.0. The van der Waals surface area contributed by atoms with Gasteiger partial charge >= 0.3 is 0 Å². The Bertz CT molecular complexity index is 695. The van der Waals surface area contributed by atoms with Crippen LogP contribution in [0.15, 0.2) is 29.3 Å². The predicted octanol–water partition coefficient (Wildman–Crippen LogP) is 1.10. The maximum absolute atomic E-state index is 13.0. The van der Waals surface area contributed by atoms with Crippen molar-refractivity contribution in [3.05, 3.63) is 30.1 Å². The van der Waals surface area contributed by atoms with Crippen LogP contribution < -0.4 is 10.6 Å². The lowest BCUT2D eigenvalue weighted by atomic mass is 9.81. The molecule has 1 heterocycles. The van der Waals surface area contributed by atoms with Crippen molar-refractivity contribution < 1.29 is 19.4 Å². The molecule has 0 saturated heterocycles. The van der Waals surface area contributed by atoms with Crippen molar-refractivity contribution in [2.24, 2.45) is 10.9 Å². The molecule has 1 aromatic rings. The molecule has 1 amide bonds. The number of aliphatic imine (C=N–C) groups is 1. The molecule has 0 bridgehead atoms. The molecule has 2 saturated carbocycles. The number of hydrogen-bond donors (Lipinski definition) is 4. The summed E-state index contributed by atoms with van der Waals surface area (Å²) in [5, 5.41) is 26.8. The van der Waals surface area contributed by atoms with E-state index in [0.29, 0.717) is 10.9 Å². The molecule has 6 nitrogen and oxygen atoms in total. The van der Waals surface area contributed by atoms with Crippen molar-refractivity contribution in [2.75, 3.05) is 5.32 Å². The van der Waals surface area contributed by atoms with Crippen LogP contribution in [0, 0.1) is 11.7 Å². The summed E-state index contributed by atoms with van der Waals surface area (Å²) in [7, 11) is 0. The Labute approximate surface area is 148 Å². The first-order chi connectivity index (χ1) is 12.0. The van der Waals surface area contributed by atoms with E-state index in [-0.39, 0.29) is 29.4 Å². The molecular weight excluding hydrogens is 345 g/mol. The number of thioether (sulfide) groups is 1. The van der Waals surface area contributed by atoms with E-state index >= 15 is 0 Å². The first-order valence-electron chi connectivity index (χ1n) is 8.45. The van der Waals surface area contributed by atoms with Gasteiger partial charge in [-0.25, -0.2) is 4.39 Å². The number of nitrogens with zero attached hydrogens (tertiary/aromatic N) is 1. The van der Waals surface area contributed by atoms with Crippen LogP contribution in [0.1, 0.15) is 19.3 Å². The van der Waals surface area contributed by atoms with Crippen LogP contribution in [0.25, 0.3) is 0 Å². The largest absolute Gasteiger partial charge is 0.390 e. The minimum Gasteiger partial charge on any atom is -0.390 e. The molecule has 0 spiro atoms. The lowest BCUT2D eigenvalue weighted by molar-refractivity contribution is -0.129. The Morgan fingerprint density at radius 2 is 1.96 bits per heavy atom. The van der Waals surface area contributed by atoms with Gasteiger partial charge < -0.3 is 20.8 Å². The summed E-state index contributed by atoms with van der Waals surface area (Å²) in [6, 6.07) is 5.61. The van der Waals surface area contributed by atoms with Gasteiger partial charge in [0.15, 0.2) is 5.17 Å². The molecule has 0 unspecified atom stereocenters. The zero-order valence-electron chi connectivity index (χ0n) is 13.4. The lowest BCUT2D eigenvalue weighted by Crippen LogP contribution is -2.54. The number of amides is 1. The highest BCUT2D eigenvalue weighted by Crippen LogP contribution is 2.41. The summed E-state index contributed by atoms with van der Waals surface area (Å²) >= 11 is 1.40. The van der Waals surface area contributed by atoms with Crippen LogP contribution in [-0.2, 0) is 4.79 Å². The Morgan fingerprint density at radius 1 is 1.24 bits per heavy atom. The van der Waals surface area contributed by atoms with E-state index in [1.54, 1.807) is 12.1 Å². The number of amidine groups is 1. The van der Waals surface area contributed by atoms with Crippen LogP contribution in [0.3, 0.4) is 0 Å². The number of fused-ring (bicyclic) bond motifs is 1. The standard InChI is InChI=1S/C17H20FN3O3S/c18-8-1-3-10(4-2-8)20-17-21-13-14(23)12(22)7-11(15(13)25-17)16(24)19-9-5-6-9/h1-4,9,11-15,22-23H,5-7H2,(H,19,24)(H,20,21)/t11-,12+,13-,14-,15+/m0/s1. The lowest BCUT2D eigenvalue weighted by Gasteiger charge is -2.37. The Kier molecular flexibility index (Phi) is 4.43. The molecule has 1 aliphatic heterocycles. The third kappa shape index (κ3) is 3.51. The number of aliphatic hydroxyl groups is 2. The van der Waals surface area contributed by atoms with Gasteiger partial charge in [-0.3, -0.25) is 9.79 Å². The quantitative estimate of drug-likeness (QED) is 0.644. The molecule has 4 N–H and O–H groups in total. The number of carbonyl (C=O) groups is 1. The smallest absolute Gasteiger partial charge is 0.224 e.